The Hall–Kier alpha value is -0.560. The van der Waals surface area contributed by atoms with Gasteiger partial charge in [-0.3, -0.25) is 0 Å². The van der Waals surface area contributed by atoms with Gasteiger partial charge in [0, 0.05) is 6.61 Å². The molecule has 1 nitrogen and oxygen atoms in total. The van der Waals surface area contributed by atoms with Crippen molar-refractivity contribution < 1.29 is 4.74 Å². The van der Waals surface area contributed by atoms with E-state index in [4.69, 9.17) is 4.74 Å². The van der Waals surface area contributed by atoms with Crippen LogP contribution in [0.2, 0.25) is 0 Å². The second kappa shape index (κ2) is 19.5. The molecule has 1 heteroatoms. The Kier molecular flexibility index (Phi) is 19.3. The SMILES string of the molecule is C.CC(C)(C)C1C=CCC1C(C)(C)C.CC(C)(C)C1C=CCC1C(C)(C)C.CC(C)(C)C1CCCC1C(C)(C)C.CC(C)(C)C1CCOCC1C(C)(C)C. The third-order valence-electron chi connectivity index (χ3n) is 13.9. The molecule has 322 valence electrons. The molecule has 8 unspecified atom stereocenters. The molecule has 4 aliphatic rings. The summed E-state index contributed by atoms with van der Waals surface area (Å²) in [5.74, 6) is 6.55. The lowest BCUT2D eigenvalue weighted by Crippen LogP contribution is -2.42. The van der Waals surface area contributed by atoms with E-state index in [1.165, 1.54) is 38.5 Å². The second-order valence-electron chi connectivity index (χ2n) is 26.7. The molecular formula is C53H104O. The van der Waals surface area contributed by atoms with Crippen LogP contribution in [0.5, 0.6) is 0 Å². The molecule has 1 saturated heterocycles. The first-order valence-corrected chi connectivity index (χ1v) is 22.3. The van der Waals surface area contributed by atoms with Gasteiger partial charge in [0.05, 0.1) is 6.61 Å². The van der Waals surface area contributed by atoms with Gasteiger partial charge in [-0.1, -0.05) is 204 Å². The van der Waals surface area contributed by atoms with Gasteiger partial charge in [-0.05, 0) is 123 Å². The van der Waals surface area contributed by atoms with Gasteiger partial charge in [0.15, 0.2) is 0 Å². The van der Waals surface area contributed by atoms with Gasteiger partial charge in [-0.2, -0.15) is 0 Å². The van der Waals surface area contributed by atoms with Gasteiger partial charge >= 0.3 is 0 Å². The number of rotatable bonds is 0. The van der Waals surface area contributed by atoms with Crippen molar-refractivity contribution in [1.82, 2.24) is 0 Å². The third kappa shape index (κ3) is 16.7. The molecular weight excluding hydrogens is 653 g/mol. The highest BCUT2D eigenvalue weighted by Crippen LogP contribution is 2.51. The Balaban J connectivity index is 0.000000690. The van der Waals surface area contributed by atoms with E-state index in [9.17, 15) is 0 Å². The number of hydrogen-bond acceptors (Lipinski definition) is 1. The fourth-order valence-corrected chi connectivity index (χ4v) is 10.5. The molecule has 0 N–H and O–H groups in total. The van der Waals surface area contributed by atoms with Crippen molar-refractivity contribution in [2.45, 2.75) is 212 Å². The van der Waals surface area contributed by atoms with E-state index in [0.29, 0.717) is 49.2 Å². The van der Waals surface area contributed by atoms with Crippen molar-refractivity contribution in [3.63, 3.8) is 0 Å². The fraction of sp³-hybridized carbons (Fsp3) is 0.925. The van der Waals surface area contributed by atoms with Crippen LogP contribution in [0, 0.1) is 90.7 Å². The standard InChI is InChI=1S/C13H26O.C13H26.2C13H24.CH4/c1-12(2,3)10-7-8-14-9-11(10)13(4,5)6;3*1-12(2,3)10-8-7-9-11(10)13(4,5)6;/h10-11H,7-9H2,1-6H3;10-11H,7-9H2,1-6H3;2*7-8,10-11H,9H2,1-6H3;1H4. The monoisotopic (exact) mass is 757 g/mol. The molecule has 0 aromatic heterocycles. The van der Waals surface area contributed by atoms with Gasteiger partial charge < -0.3 is 4.74 Å². The maximum absolute atomic E-state index is 5.63. The number of hydrogen-bond donors (Lipinski definition) is 0. The molecule has 1 aliphatic heterocycles. The van der Waals surface area contributed by atoms with E-state index in [1.807, 2.05) is 0 Å². The van der Waals surface area contributed by atoms with Gasteiger partial charge in [0.1, 0.15) is 0 Å². The first-order chi connectivity index (χ1) is 23.4. The van der Waals surface area contributed by atoms with E-state index in [-0.39, 0.29) is 7.43 Å². The van der Waals surface area contributed by atoms with Crippen LogP contribution in [-0.4, -0.2) is 13.2 Å². The zero-order valence-corrected chi connectivity index (χ0v) is 41.0. The lowest BCUT2D eigenvalue weighted by Gasteiger charge is -2.46. The van der Waals surface area contributed by atoms with Crippen LogP contribution < -0.4 is 0 Å². The summed E-state index contributed by atoms with van der Waals surface area (Å²) in [5.41, 5.74) is 3.54. The Bertz CT molecular complexity index is 994. The minimum absolute atomic E-state index is 0. The highest BCUT2D eigenvalue weighted by atomic mass is 16.5. The molecule has 8 atom stereocenters. The molecule has 3 aliphatic carbocycles. The lowest BCUT2D eigenvalue weighted by atomic mass is 9.63. The molecule has 4 rings (SSSR count). The summed E-state index contributed by atoms with van der Waals surface area (Å²) in [6.45, 7) is 58.7. The number of ether oxygens (including phenoxy) is 1. The summed E-state index contributed by atoms with van der Waals surface area (Å²) in [7, 11) is 0. The summed E-state index contributed by atoms with van der Waals surface area (Å²) < 4.78 is 5.63. The molecule has 2 fully saturated rings. The molecule has 0 aromatic carbocycles. The topological polar surface area (TPSA) is 9.23 Å². The Labute approximate surface area is 343 Å². The molecule has 0 aromatic rings. The molecule has 0 bridgehead atoms. The van der Waals surface area contributed by atoms with E-state index >= 15 is 0 Å². The molecule has 1 heterocycles. The summed E-state index contributed by atoms with van der Waals surface area (Å²) in [4.78, 5) is 0. The van der Waals surface area contributed by atoms with Crippen LogP contribution >= 0.6 is 0 Å². The molecule has 1 saturated carbocycles. The predicted octanol–water partition coefficient (Wildman–Crippen LogP) is 17.4. The maximum atomic E-state index is 5.63. The minimum Gasteiger partial charge on any atom is -0.381 e. The van der Waals surface area contributed by atoms with Gasteiger partial charge in [-0.15, -0.1) is 0 Å². The van der Waals surface area contributed by atoms with Gasteiger partial charge in [0.2, 0.25) is 0 Å². The normalized spacial score (nSPS) is 29.6. The first-order valence-electron chi connectivity index (χ1n) is 22.3. The quantitative estimate of drug-likeness (QED) is 0.224. The molecule has 0 amide bonds. The van der Waals surface area contributed by atoms with Crippen LogP contribution in [0.1, 0.15) is 212 Å². The Morgan fingerprint density at radius 3 is 0.852 bits per heavy atom. The summed E-state index contributed by atoms with van der Waals surface area (Å²) in [5, 5.41) is 0. The Morgan fingerprint density at radius 1 is 0.352 bits per heavy atom. The smallest absolute Gasteiger partial charge is 0.0502 e. The molecule has 54 heavy (non-hydrogen) atoms. The highest BCUT2D eigenvalue weighted by Gasteiger charge is 2.43. The Morgan fingerprint density at radius 2 is 0.630 bits per heavy atom. The van der Waals surface area contributed by atoms with Crippen LogP contribution in [0.25, 0.3) is 0 Å². The van der Waals surface area contributed by atoms with Crippen LogP contribution in [0.3, 0.4) is 0 Å². The van der Waals surface area contributed by atoms with Crippen molar-refractivity contribution in [2.24, 2.45) is 90.7 Å². The summed E-state index contributed by atoms with van der Waals surface area (Å²) in [6.07, 6.45) is 17.7. The van der Waals surface area contributed by atoms with E-state index in [2.05, 4.69) is 190 Å². The van der Waals surface area contributed by atoms with Crippen LogP contribution in [0.4, 0.5) is 0 Å². The van der Waals surface area contributed by atoms with Crippen LogP contribution in [0.15, 0.2) is 24.3 Å². The zero-order valence-electron chi connectivity index (χ0n) is 41.0. The number of allylic oxidation sites excluding steroid dienone is 4. The van der Waals surface area contributed by atoms with E-state index < -0.39 is 0 Å². The van der Waals surface area contributed by atoms with Crippen molar-refractivity contribution in [3.8, 4) is 0 Å². The van der Waals surface area contributed by atoms with E-state index in [1.54, 1.807) is 0 Å². The fourth-order valence-electron chi connectivity index (χ4n) is 10.5. The van der Waals surface area contributed by atoms with Crippen molar-refractivity contribution in [3.05, 3.63) is 24.3 Å². The predicted molar refractivity (Wildman–Crippen MR) is 247 cm³/mol. The van der Waals surface area contributed by atoms with Crippen molar-refractivity contribution in [2.75, 3.05) is 13.2 Å². The summed E-state index contributed by atoms with van der Waals surface area (Å²) in [6, 6.07) is 0. The van der Waals surface area contributed by atoms with Crippen LogP contribution in [-0.2, 0) is 4.74 Å². The minimum atomic E-state index is 0. The molecule has 0 spiro atoms. The zero-order chi connectivity index (χ0) is 41.8. The average molecular weight is 757 g/mol. The molecule has 0 radical (unpaired) electrons. The lowest BCUT2D eigenvalue weighted by molar-refractivity contribution is -0.0656. The largest absolute Gasteiger partial charge is 0.381 e. The van der Waals surface area contributed by atoms with Crippen molar-refractivity contribution in [1.29, 1.82) is 0 Å². The summed E-state index contributed by atoms with van der Waals surface area (Å²) >= 11 is 0. The highest BCUT2D eigenvalue weighted by molar-refractivity contribution is 5.09. The first kappa shape index (κ1) is 53.4. The van der Waals surface area contributed by atoms with Gasteiger partial charge in [-0.25, -0.2) is 0 Å². The third-order valence-corrected chi connectivity index (χ3v) is 13.9. The van der Waals surface area contributed by atoms with Crippen molar-refractivity contribution >= 4 is 0 Å². The average Bonchev–Trinajstić information content (AvgIpc) is 3.72. The maximum Gasteiger partial charge on any atom is 0.0502 e. The second-order valence-corrected chi connectivity index (χ2v) is 26.7. The van der Waals surface area contributed by atoms with E-state index in [0.717, 1.165) is 54.6 Å². The van der Waals surface area contributed by atoms with Gasteiger partial charge in [0.25, 0.3) is 0 Å².